The van der Waals surface area contributed by atoms with E-state index in [2.05, 4.69) is 0 Å². The molecule has 3 aliphatic rings. The van der Waals surface area contributed by atoms with Gasteiger partial charge < -0.3 is 18.6 Å². The van der Waals surface area contributed by atoms with Crippen molar-refractivity contribution in [2.24, 2.45) is 5.92 Å². The quantitative estimate of drug-likeness (QED) is 0.561. The maximum absolute atomic E-state index is 13.1. The number of pyridine rings is 1. The molecule has 3 aromatic rings. The van der Waals surface area contributed by atoms with Crippen LogP contribution in [0, 0.1) is 12.8 Å². The van der Waals surface area contributed by atoms with Crippen LogP contribution in [-0.4, -0.2) is 35.1 Å². The first kappa shape index (κ1) is 21.2. The fourth-order valence-corrected chi connectivity index (χ4v) is 6.11. The molecule has 0 saturated carbocycles. The molecule has 2 atom stereocenters. The van der Waals surface area contributed by atoms with Crippen LogP contribution in [0.1, 0.15) is 47.6 Å². The van der Waals surface area contributed by atoms with E-state index in [0.29, 0.717) is 31.0 Å². The van der Waals surface area contributed by atoms with Gasteiger partial charge in [0.25, 0.3) is 11.5 Å². The SMILES string of the molecule is Cc1c(OCC(=O)N2C[C@@H]3C[C@H](C2)c2cccc(=O)n2C3)ccc2c3c(c(=O)oc12)CCCC3. The topological polar surface area (TPSA) is 81.8 Å². The summed E-state index contributed by atoms with van der Waals surface area (Å²) in [6.45, 7) is 3.70. The summed E-state index contributed by atoms with van der Waals surface area (Å²) in [6.07, 6.45) is 4.76. The van der Waals surface area contributed by atoms with Crippen LogP contribution in [-0.2, 0) is 24.2 Å². The van der Waals surface area contributed by atoms with Gasteiger partial charge in [-0.3, -0.25) is 9.59 Å². The average Bonchev–Trinajstić information content (AvgIpc) is 2.85. The lowest BCUT2D eigenvalue weighted by Crippen LogP contribution is -2.50. The van der Waals surface area contributed by atoms with Crippen molar-refractivity contribution >= 4 is 16.9 Å². The standard InChI is InChI=1S/C27H28N2O5/c1-16-23(10-9-20-19-5-2-3-6-21(19)27(32)34-26(16)20)33-15-25(31)28-12-17-11-18(14-28)22-7-4-8-24(30)29(22)13-17/h4,7-10,17-18H,2-3,5-6,11-15H2,1H3/t17-,18+/m0/s1. The molecule has 1 fully saturated rings. The second-order valence-electron chi connectivity index (χ2n) is 9.90. The predicted octanol–water partition coefficient (Wildman–Crippen LogP) is 3.17. The molecule has 2 aliphatic heterocycles. The number of nitrogens with zero attached hydrogens (tertiary/aromatic N) is 2. The molecular formula is C27H28N2O5. The summed E-state index contributed by atoms with van der Waals surface area (Å²) in [5, 5.41) is 0.975. The van der Waals surface area contributed by atoms with Gasteiger partial charge in [-0.05, 0) is 68.7 Å². The maximum Gasteiger partial charge on any atom is 0.339 e. The van der Waals surface area contributed by atoms with E-state index in [1.165, 1.54) is 0 Å². The summed E-state index contributed by atoms with van der Waals surface area (Å²) >= 11 is 0. The van der Waals surface area contributed by atoms with Gasteiger partial charge in [0.2, 0.25) is 0 Å². The number of ether oxygens (including phenoxy) is 1. The Balaban J connectivity index is 1.20. The fourth-order valence-electron chi connectivity index (χ4n) is 6.11. The summed E-state index contributed by atoms with van der Waals surface area (Å²) in [6, 6.07) is 9.24. The van der Waals surface area contributed by atoms with Gasteiger partial charge in [-0.2, -0.15) is 0 Å². The second-order valence-corrected chi connectivity index (χ2v) is 9.90. The molecule has 2 bridgehead atoms. The number of rotatable bonds is 3. The van der Waals surface area contributed by atoms with Crippen molar-refractivity contribution < 1.29 is 13.9 Å². The van der Waals surface area contributed by atoms with E-state index in [4.69, 9.17) is 9.15 Å². The highest BCUT2D eigenvalue weighted by Crippen LogP contribution is 2.35. The van der Waals surface area contributed by atoms with Gasteiger partial charge in [0.1, 0.15) is 11.3 Å². The summed E-state index contributed by atoms with van der Waals surface area (Å²) in [5.74, 6) is 0.952. The summed E-state index contributed by atoms with van der Waals surface area (Å²) < 4.78 is 13.5. The monoisotopic (exact) mass is 460 g/mol. The Kier molecular flexibility index (Phi) is 5.08. The molecule has 4 heterocycles. The molecule has 1 amide bonds. The van der Waals surface area contributed by atoms with Crippen molar-refractivity contribution in [2.75, 3.05) is 19.7 Å². The van der Waals surface area contributed by atoms with Gasteiger partial charge in [0, 0.05) is 53.8 Å². The third-order valence-corrected chi connectivity index (χ3v) is 7.77. The minimum absolute atomic E-state index is 0.0370. The van der Waals surface area contributed by atoms with Crippen molar-refractivity contribution in [3.05, 3.63) is 73.5 Å². The lowest BCUT2D eigenvalue weighted by Gasteiger charge is -2.42. The number of piperidine rings is 1. The van der Waals surface area contributed by atoms with Crippen molar-refractivity contribution in [1.82, 2.24) is 9.47 Å². The highest BCUT2D eigenvalue weighted by molar-refractivity contribution is 5.86. The number of fused-ring (bicyclic) bond motifs is 7. The Bertz CT molecular complexity index is 1420. The van der Waals surface area contributed by atoms with Crippen LogP contribution in [0.25, 0.3) is 11.0 Å². The number of hydrogen-bond acceptors (Lipinski definition) is 5. The second kappa shape index (κ2) is 8.15. The third-order valence-electron chi connectivity index (χ3n) is 7.77. The molecule has 1 aliphatic carbocycles. The molecule has 1 saturated heterocycles. The first-order valence-electron chi connectivity index (χ1n) is 12.2. The molecular weight excluding hydrogens is 432 g/mol. The molecule has 34 heavy (non-hydrogen) atoms. The molecule has 7 heteroatoms. The molecule has 2 aromatic heterocycles. The van der Waals surface area contributed by atoms with Crippen molar-refractivity contribution in [2.45, 2.75) is 51.5 Å². The Hall–Kier alpha value is -3.35. The Morgan fingerprint density at radius 2 is 1.88 bits per heavy atom. The Morgan fingerprint density at radius 1 is 1.06 bits per heavy atom. The minimum Gasteiger partial charge on any atom is -0.483 e. The van der Waals surface area contributed by atoms with Crippen LogP contribution in [0.3, 0.4) is 0 Å². The maximum atomic E-state index is 13.1. The average molecular weight is 461 g/mol. The number of likely N-dealkylation sites (tertiary alicyclic amines) is 1. The van der Waals surface area contributed by atoms with Crippen LogP contribution in [0.4, 0.5) is 0 Å². The van der Waals surface area contributed by atoms with E-state index in [-0.39, 0.29) is 35.5 Å². The highest BCUT2D eigenvalue weighted by atomic mass is 16.5. The van der Waals surface area contributed by atoms with Crippen molar-refractivity contribution in [3.8, 4) is 5.75 Å². The lowest BCUT2D eigenvalue weighted by atomic mass is 9.83. The number of carbonyl (C=O) groups excluding carboxylic acids is 1. The Labute approximate surface area is 196 Å². The zero-order valence-corrected chi connectivity index (χ0v) is 19.3. The van der Waals surface area contributed by atoms with Gasteiger partial charge in [0.15, 0.2) is 6.61 Å². The number of hydrogen-bond donors (Lipinski definition) is 0. The summed E-state index contributed by atoms with van der Waals surface area (Å²) in [5.41, 5.74) is 4.02. The van der Waals surface area contributed by atoms with Gasteiger partial charge in [-0.1, -0.05) is 6.07 Å². The summed E-state index contributed by atoms with van der Waals surface area (Å²) in [4.78, 5) is 39.7. The van der Waals surface area contributed by atoms with Crippen molar-refractivity contribution in [1.29, 1.82) is 0 Å². The lowest BCUT2D eigenvalue weighted by molar-refractivity contribution is -0.136. The first-order chi connectivity index (χ1) is 16.5. The predicted molar refractivity (Wildman–Crippen MR) is 127 cm³/mol. The van der Waals surface area contributed by atoms with Crippen LogP contribution < -0.4 is 15.9 Å². The largest absolute Gasteiger partial charge is 0.483 e. The van der Waals surface area contributed by atoms with Gasteiger partial charge in [0.05, 0.1) is 0 Å². The highest BCUT2D eigenvalue weighted by Gasteiger charge is 2.36. The van der Waals surface area contributed by atoms with E-state index >= 15 is 0 Å². The first-order valence-corrected chi connectivity index (χ1v) is 12.2. The molecule has 176 valence electrons. The minimum atomic E-state index is -0.252. The number of benzene rings is 1. The third kappa shape index (κ3) is 3.45. The van der Waals surface area contributed by atoms with E-state index in [9.17, 15) is 14.4 Å². The Morgan fingerprint density at radius 3 is 2.74 bits per heavy atom. The van der Waals surface area contributed by atoms with Crippen molar-refractivity contribution in [3.63, 3.8) is 0 Å². The molecule has 0 spiro atoms. The fraction of sp³-hybridized carbons (Fsp3) is 0.444. The molecule has 0 unspecified atom stereocenters. The zero-order chi connectivity index (χ0) is 23.4. The van der Waals surface area contributed by atoms with Crippen LogP contribution in [0.5, 0.6) is 5.75 Å². The van der Waals surface area contributed by atoms with Gasteiger partial charge in [-0.15, -0.1) is 0 Å². The molecule has 7 nitrogen and oxygen atoms in total. The molecule has 0 N–H and O–H groups in total. The number of carbonyl (C=O) groups is 1. The number of aromatic nitrogens is 1. The van der Waals surface area contributed by atoms with Gasteiger partial charge >= 0.3 is 5.63 Å². The number of amides is 1. The molecule has 6 rings (SSSR count). The van der Waals surface area contributed by atoms with E-state index in [0.717, 1.165) is 59.9 Å². The molecule has 1 aromatic carbocycles. The van der Waals surface area contributed by atoms with Crippen LogP contribution >= 0.6 is 0 Å². The smallest absolute Gasteiger partial charge is 0.339 e. The van der Waals surface area contributed by atoms with E-state index < -0.39 is 0 Å². The zero-order valence-electron chi connectivity index (χ0n) is 19.3. The summed E-state index contributed by atoms with van der Waals surface area (Å²) in [7, 11) is 0. The van der Waals surface area contributed by atoms with E-state index in [1.54, 1.807) is 12.1 Å². The van der Waals surface area contributed by atoms with Crippen LogP contribution in [0.15, 0.2) is 44.3 Å². The normalized spacial score (nSPS) is 21.1. The van der Waals surface area contributed by atoms with E-state index in [1.807, 2.05) is 34.6 Å². The molecule has 0 radical (unpaired) electrons. The van der Waals surface area contributed by atoms with Gasteiger partial charge in [-0.25, -0.2) is 4.79 Å². The van der Waals surface area contributed by atoms with Crippen LogP contribution in [0.2, 0.25) is 0 Å². The number of aryl methyl sites for hydroxylation is 2.